The van der Waals surface area contributed by atoms with Gasteiger partial charge in [0.15, 0.2) is 0 Å². The Balaban J connectivity index is 2.71. The van der Waals surface area contributed by atoms with E-state index in [2.05, 4.69) is 0 Å². The van der Waals surface area contributed by atoms with Crippen LogP contribution in [0, 0.1) is 39.9 Å². The first-order chi connectivity index (χ1) is 10.7. The van der Waals surface area contributed by atoms with Crippen LogP contribution in [0.3, 0.4) is 0 Å². The van der Waals surface area contributed by atoms with Crippen molar-refractivity contribution in [2.75, 3.05) is 6.61 Å². The second kappa shape index (κ2) is 8.19. The van der Waals surface area contributed by atoms with Crippen molar-refractivity contribution in [1.82, 2.24) is 0 Å². The van der Waals surface area contributed by atoms with Gasteiger partial charge in [0, 0.05) is 6.42 Å². The monoisotopic (exact) mass is 330 g/mol. The van der Waals surface area contributed by atoms with Crippen LogP contribution in [0.25, 0.3) is 0 Å². The molecular weight excluding hydrogens is 309 g/mol. The van der Waals surface area contributed by atoms with Crippen LogP contribution < -0.4 is 0 Å². The quantitative estimate of drug-likeness (QED) is 0.687. The molecule has 1 aliphatic carbocycles. The molecule has 0 heterocycles. The van der Waals surface area contributed by atoms with E-state index >= 15 is 0 Å². The van der Waals surface area contributed by atoms with Crippen LogP contribution in [0.1, 0.15) is 51.9 Å². The van der Waals surface area contributed by atoms with E-state index in [-0.39, 0.29) is 30.8 Å². The lowest BCUT2D eigenvalue weighted by atomic mass is 9.71. The van der Waals surface area contributed by atoms with Gasteiger partial charge in [-0.3, -0.25) is 4.79 Å². The van der Waals surface area contributed by atoms with Crippen LogP contribution >= 0.6 is 0 Å². The van der Waals surface area contributed by atoms with Gasteiger partial charge in [-0.05, 0) is 38.5 Å². The molecule has 0 aliphatic heterocycles. The molecule has 0 spiro atoms. The average molecular weight is 330 g/mol. The molecule has 0 bridgehead atoms. The van der Waals surface area contributed by atoms with Crippen LogP contribution in [0.5, 0.6) is 0 Å². The standard InChI is InChI=1S/C16H21F3N2O2/c1-2-23-14(22)13-5-3-4-12(8-13)9-15(10-20,11-21)6-7-16(17,18)19/h12-13H,2-9H2,1H3. The number of hydrogen-bond donors (Lipinski definition) is 0. The largest absolute Gasteiger partial charge is 0.466 e. The number of ether oxygens (including phenoxy) is 1. The van der Waals surface area contributed by atoms with Crippen molar-refractivity contribution in [3.05, 3.63) is 0 Å². The Kier molecular flexibility index (Phi) is 6.87. The number of nitriles is 2. The number of hydrogen-bond acceptors (Lipinski definition) is 4. The molecule has 0 saturated heterocycles. The molecule has 7 heteroatoms. The number of halogens is 3. The molecule has 0 aromatic carbocycles. The molecule has 0 aromatic heterocycles. The molecule has 0 aromatic rings. The average Bonchev–Trinajstić information content (AvgIpc) is 2.51. The van der Waals surface area contributed by atoms with E-state index in [1.54, 1.807) is 19.1 Å². The molecule has 1 aliphatic rings. The van der Waals surface area contributed by atoms with Gasteiger partial charge in [-0.15, -0.1) is 0 Å². The number of rotatable bonds is 6. The smallest absolute Gasteiger partial charge is 0.389 e. The fraction of sp³-hybridized carbons (Fsp3) is 0.812. The molecule has 4 nitrogen and oxygen atoms in total. The van der Waals surface area contributed by atoms with Gasteiger partial charge in [0.2, 0.25) is 0 Å². The number of esters is 1. The third-order valence-corrected chi connectivity index (χ3v) is 4.30. The molecule has 128 valence electrons. The van der Waals surface area contributed by atoms with Crippen LogP contribution in [0.4, 0.5) is 13.2 Å². The van der Waals surface area contributed by atoms with E-state index in [1.807, 2.05) is 0 Å². The fourth-order valence-corrected chi connectivity index (χ4v) is 3.13. The second-order valence-electron chi connectivity index (χ2n) is 6.11. The van der Waals surface area contributed by atoms with Gasteiger partial charge in [0.1, 0.15) is 5.41 Å². The van der Waals surface area contributed by atoms with E-state index in [1.165, 1.54) is 0 Å². The lowest BCUT2D eigenvalue weighted by Crippen LogP contribution is -2.29. The predicted octanol–water partition coefficient (Wildman–Crippen LogP) is 4.12. The highest BCUT2D eigenvalue weighted by molar-refractivity contribution is 5.72. The Morgan fingerprint density at radius 1 is 1.22 bits per heavy atom. The summed E-state index contributed by atoms with van der Waals surface area (Å²) in [7, 11) is 0. The summed E-state index contributed by atoms with van der Waals surface area (Å²) in [6, 6.07) is 3.55. The Morgan fingerprint density at radius 3 is 2.39 bits per heavy atom. The molecule has 2 atom stereocenters. The van der Waals surface area contributed by atoms with Gasteiger partial charge in [-0.2, -0.15) is 23.7 Å². The van der Waals surface area contributed by atoms with Crippen molar-refractivity contribution in [3.8, 4) is 12.1 Å². The summed E-state index contributed by atoms with van der Waals surface area (Å²) in [5.41, 5.74) is -1.64. The van der Waals surface area contributed by atoms with Gasteiger partial charge >= 0.3 is 12.1 Å². The Bertz CT molecular complexity index is 477. The minimum atomic E-state index is -4.39. The topological polar surface area (TPSA) is 73.9 Å². The molecule has 0 radical (unpaired) electrons. The van der Waals surface area contributed by atoms with Crippen molar-refractivity contribution in [3.63, 3.8) is 0 Å². The Labute approximate surface area is 134 Å². The van der Waals surface area contributed by atoms with E-state index in [4.69, 9.17) is 4.74 Å². The third-order valence-electron chi connectivity index (χ3n) is 4.30. The number of carbonyl (C=O) groups is 1. The third kappa shape index (κ3) is 6.09. The molecule has 23 heavy (non-hydrogen) atoms. The molecule has 1 saturated carbocycles. The second-order valence-corrected chi connectivity index (χ2v) is 6.11. The van der Waals surface area contributed by atoms with E-state index < -0.39 is 24.4 Å². The number of carbonyl (C=O) groups excluding carboxylic acids is 1. The number of nitrogens with zero attached hydrogens (tertiary/aromatic N) is 2. The minimum absolute atomic E-state index is 0.0754. The highest BCUT2D eigenvalue weighted by Gasteiger charge is 2.40. The van der Waals surface area contributed by atoms with Crippen LogP contribution in [0.2, 0.25) is 0 Å². The van der Waals surface area contributed by atoms with Gasteiger partial charge < -0.3 is 4.74 Å². The van der Waals surface area contributed by atoms with E-state index in [0.29, 0.717) is 19.3 Å². The Morgan fingerprint density at radius 2 is 1.87 bits per heavy atom. The first kappa shape index (κ1) is 19.3. The zero-order valence-electron chi connectivity index (χ0n) is 13.2. The van der Waals surface area contributed by atoms with Gasteiger partial charge in [-0.1, -0.05) is 12.8 Å². The first-order valence-electron chi connectivity index (χ1n) is 7.81. The maximum atomic E-state index is 12.4. The normalized spacial score (nSPS) is 22.0. The predicted molar refractivity (Wildman–Crippen MR) is 75.6 cm³/mol. The zero-order valence-corrected chi connectivity index (χ0v) is 13.2. The van der Waals surface area contributed by atoms with Crippen molar-refractivity contribution >= 4 is 5.97 Å². The summed E-state index contributed by atoms with van der Waals surface area (Å²) in [5.74, 6) is -0.691. The van der Waals surface area contributed by atoms with Gasteiger partial charge in [0.25, 0.3) is 0 Å². The molecular formula is C16H21F3N2O2. The molecule has 2 unspecified atom stereocenters. The van der Waals surface area contributed by atoms with Crippen LogP contribution in [0.15, 0.2) is 0 Å². The Hall–Kier alpha value is -1.76. The first-order valence-corrected chi connectivity index (χ1v) is 7.81. The lowest BCUT2D eigenvalue weighted by Gasteiger charge is -2.31. The summed E-state index contributed by atoms with van der Waals surface area (Å²) >= 11 is 0. The summed E-state index contributed by atoms with van der Waals surface area (Å²) in [6.07, 6.45) is -3.37. The minimum Gasteiger partial charge on any atom is -0.466 e. The summed E-state index contributed by atoms with van der Waals surface area (Å²) in [4.78, 5) is 11.8. The SMILES string of the molecule is CCOC(=O)C1CCCC(CC(C#N)(C#N)CCC(F)(F)F)C1. The van der Waals surface area contributed by atoms with Crippen molar-refractivity contribution in [2.45, 2.75) is 58.0 Å². The maximum Gasteiger partial charge on any atom is 0.389 e. The van der Waals surface area contributed by atoms with Gasteiger partial charge in [-0.25, -0.2) is 0 Å². The fourth-order valence-electron chi connectivity index (χ4n) is 3.13. The molecule has 0 N–H and O–H groups in total. The summed E-state index contributed by atoms with van der Waals surface area (Å²) < 4.78 is 42.2. The number of alkyl halides is 3. The van der Waals surface area contributed by atoms with Crippen LogP contribution in [-0.4, -0.2) is 18.8 Å². The van der Waals surface area contributed by atoms with Crippen LogP contribution in [-0.2, 0) is 9.53 Å². The van der Waals surface area contributed by atoms with Gasteiger partial charge in [0.05, 0.1) is 24.7 Å². The summed E-state index contributed by atoms with van der Waals surface area (Å²) in [6.45, 7) is 2.00. The van der Waals surface area contributed by atoms with Crippen molar-refractivity contribution in [2.24, 2.45) is 17.3 Å². The molecule has 0 amide bonds. The molecule has 1 fully saturated rings. The lowest BCUT2D eigenvalue weighted by molar-refractivity contribution is -0.149. The van der Waals surface area contributed by atoms with E-state index in [9.17, 15) is 28.5 Å². The summed E-state index contributed by atoms with van der Waals surface area (Å²) in [5, 5.41) is 18.5. The van der Waals surface area contributed by atoms with Crippen molar-refractivity contribution < 1.29 is 22.7 Å². The molecule has 1 rings (SSSR count). The van der Waals surface area contributed by atoms with Crippen molar-refractivity contribution in [1.29, 1.82) is 10.5 Å². The maximum absolute atomic E-state index is 12.4. The highest BCUT2D eigenvalue weighted by Crippen LogP contribution is 2.41. The van der Waals surface area contributed by atoms with E-state index in [0.717, 1.165) is 6.42 Å². The highest BCUT2D eigenvalue weighted by atomic mass is 19.4. The zero-order chi connectivity index (χ0) is 17.5.